The van der Waals surface area contributed by atoms with Gasteiger partial charge in [-0.3, -0.25) is 0 Å². The second-order valence-corrected chi connectivity index (χ2v) is 3.78. The quantitative estimate of drug-likeness (QED) is 0.745. The third-order valence-corrected chi connectivity index (χ3v) is 2.53. The van der Waals surface area contributed by atoms with Crippen LogP contribution in [0.3, 0.4) is 0 Å². The third-order valence-electron chi connectivity index (χ3n) is 2.53. The number of aromatic hydroxyl groups is 1. The predicted octanol–water partition coefficient (Wildman–Crippen LogP) is 4.35. The predicted molar refractivity (Wildman–Crippen MR) is 64.9 cm³/mol. The molecule has 1 heteroatoms. The molecule has 0 aliphatic carbocycles. The molecule has 0 saturated heterocycles. The number of rotatable bonds is 2. The Bertz CT molecular complexity index is 246. The zero-order valence-electron chi connectivity index (χ0n) is 7.96. The van der Waals surface area contributed by atoms with Gasteiger partial charge in [0.15, 0.2) is 0 Å². The summed E-state index contributed by atoms with van der Waals surface area (Å²) in [4.78, 5) is 0. The Balaban J connectivity index is 0. The van der Waals surface area contributed by atoms with E-state index in [1.165, 1.54) is 5.56 Å². The van der Waals surface area contributed by atoms with Crippen molar-refractivity contribution < 1.29 is 5.11 Å². The van der Waals surface area contributed by atoms with E-state index in [2.05, 4.69) is 20.8 Å². The first-order valence-electron chi connectivity index (χ1n) is 4.36. The SMILES string of the molecule is C.C.CCC(C)(C)c1ccc(O)cc1. The standard InChI is InChI=1S/C11H16O.2CH4/c1-4-11(2,3)9-5-7-10(12)8-6-9;;/h5-8,12H,4H2,1-3H3;2*1H4. The van der Waals surface area contributed by atoms with Crippen LogP contribution in [-0.4, -0.2) is 5.11 Å². The van der Waals surface area contributed by atoms with Crippen molar-refractivity contribution in [3.05, 3.63) is 29.8 Å². The summed E-state index contributed by atoms with van der Waals surface area (Å²) in [5, 5.41) is 9.10. The smallest absolute Gasteiger partial charge is 0.115 e. The molecule has 0 radical (unpaired) electrons. The Labute approximate surface area is 88.8 Å². The molecule has 0 atom stereocenters. The lowest BCUT2D eigenvalue weighted by molar-refractivity contribution is 0.471. The molecule has 0 unspecified atom stereocenters. The summed E-state index contributed by atoms with van der Waals surface area (Å²) < 4.78 is 0. The van der Waals surface area contributed by atoms with Crippen LogP contribution in [0.4, 0.5) is 0 Å². The van der Waals surface area contributed by atoms with Crippen molar-refractivity contribution in [1.29, 1.82) is 0 Å². The molecule has 1 aromatic rings. The van der Waals surface area contributed by atoms with Gasteiger partial charge in [0.1, 0.15) is 5.75 Å². The van der Waals surface area contributed by atoms with E-state index in [1.807, 2.05) is 12.1 Å². The lowest BCUT2D eigenvalue weighted by atomic mass is 9.82. The van der Waals surface area contributed by atoms with E-state index in [1.54, 1.807) is 12.1 Å². The van der Waals surface area contributed by atoms with Crippen LogP contribution in [0.2, 0.25) is 0 Å². The summed E-state index contributed by atoms with van der Waals surface area (Å²) in [5.74, 6) is 0.339. The maximum absolute atomic E-state index is 9.10. The molecule has 1 rings (SSSR count). The van der Waals surface area contributed by atoms with Crippen LogP contribution in [-0.2, 0) is 5.41 Å². The minimum atomic E-state index is 0. The Morgan fingerprint density at radius 2 is 1.50 bits per heavy atom. The van der Waals surface area contributed by atoms with Crippen molar-refractivity contribution in [2.75, 3.05) is 0 Å². The minimum Gasteiger partial charge on any atom is -0.508 e. The van der Waals surface area contributed by atoms with Crippen LogP contribution in [0, 0.1) is 0 Å². The fourth-order valence-corrected chi connectivity index (χ4v) is 1.12. The molecule has 0 heterocycles. The Kier molecular flexibility index (Phi) is 6.29. The molecule has 0 fully saturated rings. The van der Waals surface area contributed by atoms with Gasteiger partial charge in [0.25, 0.3) is 0 Å². The minimum absolute atomic E-state index is 0. The lowest BCUT2D eigenvalue weighted by Crippen LogP contribution is -2.14. The molecule has 14 heavy (non-hydrogen) atoms. The molecule has 0 bridgehead atoms. The van der Waals surface area contributed by atoms with Crippen LogP contribution in [0.15, 0.2) is 24.3 Å². The normalized spacial score (nSPS) is 9.93. The average Bonchev–Trinajstić information content (AvgIpc) is 2.05. The lowest BCUT2D eigenvalue weighted by Gasteiger charge is -2.22. The van der Waals surface area contributed by atoms with Crippen LogP contribution in [0.1, 0.15) is 47.6 Å². The summed E-state index contributed by atoms with van der Waals surface area (Å²) in [6, 6.07) is 7.46. The highest BCUT2D eigenvalue weighted by atomic mass is 16.3. The van der Waals surface area contributed by atoms with Crippen molar-refractivity contribution in [2.24, 2.45) is 0 Å². The second-order valence-electron chi connectivity index (χ2n) is 3.78. The Morgan fingerprint density at radius 1 is 1.07 bits per heavy atom. The van der Waals surface area contributed by atoms with Gasteiger partial charge in [0.05, 0.1) is 0 Å². The van der Waals surface area contributed by atoms with Crippen LogP contribution in [0.5, 0.6) is 5.75 Å². The Hall–Kier alpha value is -0.980. The summed E-state index contributed by atoms with van der Waals surface area (Å²) in [6.07, 6.45) is 1.11. The molecule has 1 nitrogen and oxygen atoms in total. The van der Waals surface area contributed by atoms with E-state index < -0.39 is 0 Å². The highest BCUT2D eigenvalue weighted by Gasteiger charge is 2.16. The number of phenols is 1. The summed E-state index contributed by atoms with van der Waals surface area (Å²) in [6.45, 7) is 6.59. The highest BCUT2D eigenvalue weighted by Crippen LogP contribution is 2.27. The molecule has 0 aliphatic heterocycles. The van der Waals surface area contributed by atoms with E-state index >= 15 is 0 Å². The van der Waals surface area contributed by atoms with E-state index in [4.69, 9.17) is 5.11 Å². The first-order valence-corrected chi connectivity index (χ1v) is 4.36. The maximum Gasteiger partial charge on any atom is 0.115 e. The van der Waals surface area contributed by atoms with E-state index in [0.29, 0.717) is 5.75 Å². The molecule has 1 N–H and O–H groups in total. The van der Waals surface area contributed by atoms with Gasteiger partial charge in [0.2, 0.25) is 0 Å². The van der Waals surface area contributed by atoms with Crippen molar-refractivity contribution in [3.8, 4) is 5.75 Å². The molecule has 0 amide bonds. The van der Waals surface area contributed by atoms with Crippen LogP contribution < -0.4 is 0 Å². The summed E-state index contributed by atoms with van der Waals surface area (Å²) in [7, 11) is 0. The van der Waals surface area contributed by atoms with Gasteiger partial charge in [-0.1, -0.05) is 47.8 Å². The van der Waals surface area contributed by atoms with Gasteiger partial charge in [-0.15, -0.1) is 0 Å². The first kappa shape index (κ1) is 15.5. The van der Waals surface area contributed by atoms with E-state index in [-0.39, 0.29) is 20.3 Å². The van der Waals surface area contributed by atoms with Crippen molar-refractivity contribution in [1.82, 2.24) is 0 Å². The van der Waals surface area contributed by atoms with Gasteiger partial charge < -0.3 is 5.11 Å². The molecule has 82 valence electrons. The van der Waals surface area contributed by atoms with E-state index in [0.717, 1.165) is 6.42 Å². The molecule has 0 spiro atoms. The van der Waals surface area contributed by atoms with Gasteiger partial charge in [-0.25, -0.2) is 0 Å². The zero-order chi connectivity index (χ0) is 9.19. The van der Waals surface area contributed by atoms with Crippen LogP contribution >= 0.6 is 0 Å². The van der Waals surface area contributed by atoms with Gasteiger partial charge in [-0.05, 0) is 29.5 Å². The summed E-state index contributed by atoms with van der Waals surface area (Å²) in [5.41, 5.74) is 1.50. The van der Waals surface area contributed by atoms with Gasteiger partial charge in [-0.2, -0.15) is 0 Å². The largest absolute Gasteiger partial charge is 0.508 e. The molecular formula is C13H24O. The monoisotopic (exact) mass is 196 g/mol. The number of hydrogen-bond donors (Lipinski definition) is 1. The Morgan fingerprint density at radius 3 is 1.86 bits per heavy atom. The van der Waals surface area contributed by atoms with Crippen molar-refractivity contribution in [2.45, 2.75) is 47.5 Å². The number of benzene rings is 1. The van der Waals surface area contributed by atoms with Crippen LogP contribution in [0.25, 0.3) is 0 Å². The number of hydrogen-bond acceptors (Lipinski definition) is 1. The molecule has 0 saturated carbocycles. The average molecular weight is 196 g/mol. The molecular weight excluding hydrogens is 172 g/mol. The molecule has 1 aromatic carbocycles. The fourth-order valence-electron chi connectivity index (χ4n) is 1.12. The maximum atomic E-state index is 9.10. The molecule has 0 aliphatic rings. The fraction of sp³-hybridized carbons (Fsp3) is 0.538. The van der Waals surface area contributed by atoms with E-state index in [9.17, 15) is 0 Å². The van der Waals surface area contributed by atoms with Crippen molar-refractivity contribution >= 4 is 0 Å². The zero-order valence-corrected chi connectivity index (χ0v) is 7.96. The number of phenolic OH excluding ortho intramolecular Hbond substituents is 1. The summed E-state index contributed by atoms with van der Waals surface area (Å²) >= 11 is 0. The van der Waals surface area contributed by atoms with Gasteiger partial charge in [0, 0.05) is 0 Å². The first-order chi connectivity index (χ1) is 5.56. The third kappa shape index (κ3) is 3.41. The second kappa shape index (κ2) is 5.69. The van der Waals surface area contributed by atoms with Crippen molar-refractivity contribution in [3.63, 3.8) is 0 Å². The van der Waals surface area contributed by atoms with Gasteiger partial charge >= 0.3 is 0 Å². The molecule has 0 aromatic heterocycles. The highest BCUT2D eigenvalue weighted by molar-refractivity contribution is 5.30. The topological polar surface area (TPSA) is 20.2 Å².